The van der Waals surface area contributed by atoms with Crippen molar-refractivity contribution in [3.05, 3.63) is 41.5 Å². The maximum atomic E-state index is 8.77. The van der Waals surface area contributed by atoms with Gasteiger partial charge in [0.05, 0.1) is 11.6 Å². The Morgan fingerprint density at radius 3 is 2.85 bits per heavy atom. The SMILES string of the molecule is N#Cc1ccccc1C=CCCN. The topological polar surface area (TPSA) is 49.8 Å². The number of nitrogens with zero attached hydrogens (tertiary/aromatic N) is 1. The minimum atomic E-state index is 0.644. The number of nitrogens with two attached hydrogens (primary N) is 1. The third-order valence-corrected chi connectivity index (χ3v) is 1.71. The van der Waals surface area contributed by atoms with Gasteiger partial charge in [-0.2, -0.15) is 5.26 Å². The number of hydrogen-bond acceptors (Lipinski definition) is 2. The van der Waals surface area contributed by atoms with Crippen LogP contribution in [-0.2, 0) is 0 Å². The molecule has 0 radical (unpaired) electrons. The lowest BCUT2D eigenvalue weighted by molar-refractivity contribution is 1.01. The zero-order chi connectivity index (χ0) is 9.52. The molecule has 0 spiro atoms. The van der Waals surface area contributed by atoms with Crippen LogP contribution in [0.1, 0.15) is 17.5 Å². The Bertz CT molecular complexity index is 334. The molecule has 0 aliphatic heterocycles. The van der Waals surface area contributed by atoms with Crippen LogP contribution in [-0.4, -0.2) is 6.54 Å². The highest BCUT2D eigenvalue weighted by atomic mass is 14.5. The van der Waals surface area contributed by atoms with Crippen LogP contribution in [0.4, 0.5) is 0 Å². The molecule has 2 nitrogen and oxygen atoms in total. The van der Waals surface area contributed by atoms with Crippen LogP contribution in [0.25, 0.3) is 6.08 Å². The lowest BCUT2D eigenvalue weighted by Crippen LogP contribution is -1.95. The predicted molar refractivity (Wildman–Crippen MR) is 53.9 cm³/mol. The lowest BCUT2D eigenvalue weighted by atomic mass is 10.1. The van der Waals surface area contributed by atoms with Crippen molar-refractivity contribution < 1.29 is 0 Å². The van der Waals surface area contributed by atoms with Crippen molar-refractivity contribution in [3.8, 4) is 6.07 Å². The highest BCUT2D eigenvalue weighted by molar-refractivity contribution is 5.57. The second-order valence-electron chi connectivity index (χ2n) is 2.68. The fraction of sp³-hybridized carbons (Fsp3) is 0.182. The van der Waals surface area contributed by atoms with Gasteiger partial charge in [0, 0.05) is 0 Å². The summed E-state index contributed by atoms with van der Waals surface area (Å²) < 4.78 is 0. The Kier molecular flexibility index (Phi) is 3.74. The van der Waals surface area contributed by atoms with Crippen molar-refractivity contribution in [2.45, 2.75) is 6.42 Å². The molecule has 1 aromatic rings. The van der Waals surface area contributed by atoms with Gasteiger partial charge >= 0.3 is 0 Å². The molecule has 0 fully saturated rings. The molecule has 0 unspecified atom stereocenters. The third-order valence-electron chi connectivity index (χ3n) is 1.71. The van der Waals surface area contributed by atoms with E-state index in [9.17, 15) is 0 Å². The van der Waals surface area contributed by atoms with E-state index in [0.717, 1.165) is 12.0 Å². The van der Waals surface area contributed by atoms with Crippen LogP contribution in [0.15, 0.2) is 30.3 Å². The summed E-state index contributed by atoms with van der Waals surface area (Å²) in [5.41, 5.74) is 7.01. The summed E-state index contributed by atoms with van der Waals surface area (Å²) >= 11 is 0. The Hall–Kier alpha value is -1.59. The normalized spacial score (nSPS) is 10.2. The molecule has 1 rings (SSSR count). The molecule has 0 heterocycles. The van der Waals surface area contributed by atoms with E-state index in [1.807, 2.05) is 36.4 Å². The van der Waals surface area contributed by atoms with Gasteiger partial charge < -0.3 is 5.73 Å². The molecule has 0 bridgehead atoms. The van der Waals surface area contributed by atoms with Gasteiger partial charge in [0.15, 0.2) is 0 Å². The van der Waals surface area contributed by atoms with Crippen LogP contribution >= 0.6 is 0 Å². The lowest BCUT2D eigenvalue weighted by Gasteiger charge is -1.95. The van der Waals surface area contributed by atoms with E-state index < -0.39 is 0 Å². The second-order valence-corrected chi connectivity index (χ2v) is 2.68. The first-order valence-electron chi connectivity index (χ1n) is 4.24. The average Bonchev–Trinajstić information content (AvgIpc) is 2.19. The van der Waals surface area contributed by atoms with E-state index in [2.05, 4.69) is 6.07 Å². The van der Waals surface area contributed by atoms with Crippen LogP contribution in [0.5, 0.6) is 0 Å². The largest absolute Gasteiger partial charge is 0.330 e. The van der Waals surface area contributed by atoms with Gasteiger partial charge in [-0.3, -0.25) is 0 Å². The highest BCUT2D eigenvalue weighted by Crippen LogP contribution is 2.09. The molecule has 2 heteroatoms. The molecule has 0 aliphatic carbocycles. The van der Waals surface area contributed by atoms with Crippen molar-refractivity contribution in [1.29, 1.82) is 5.26 Å². The molecular weight excluding hydrogens is 160 g/mol. The van der Waals surface area contributed by atoms with Gasteiger partial charge in [-0.25, -0.2) is 0 Å². The standard InChI is InChI=1S/C11H12N2/c12-8-4-3-6-10-5-1-2-7-11(10)9-13/h1-3,5-7H,4,8,12H2. The average molecular weight is 172 g/mol. The van der Waals surface area contributed by atoms with Crippen molar-refractivity contribution in [2.24, 2.45) is 5.73 Å². The summed E-state index contributed by atoms with van der Waals surface area (Å²) in [5, 5.41) is 8.77. The van der Waals surface area contributed by atoms with Gasteiger partial charge in [0.1, 0.15) is 0 Å². The number of rotatable bonds is 3. The monoisotopic (exact) mass is 172 g/mol. The zero-order valence-corrected chi connectivity index (χ0v) is 7.40. The molecule has 66 valence electrons. The molecule has 0 aromatic heterocycles. The summed E-state index contributed by atoms with van der Waals surface area (Å²) in [5.74, 6) is 0. The predicted octanol–water partition coefficient (Wildman–Crippen LogP) is 1.92. The van der Waals surface area contributed by atoms with Crippen LogP contribution < -0.4 is 5.73 Å². The summed E-state index contributed by atoms with van der Waals surface area (Å²) in [6.45, 7) is 0.644. The first kappa shape index (κ1) is 9.50. The summed E-state index contributed by atoms with van der Waals surface area (Å²) in [6.07, 6.45) is 4.77. The van der Waals surface area contributed by atoms with E-state index in [-0.39, 0.29) is 0 Å². The zero-order valence-electron chi connectivity index (χ0n) is 7.40. The highest BCUT2D eigenvalue weighted by Gasteiger charge is 1.94. The van der Waals surface area contributed by atoms with Crippen molar-refractivity contribution in [2.75, 3.05) is 6.54 Å². The van der Waals surface area contributed by atoms with Crippen molar-refractivity contribution in [3.63, 3.8) is 0 Å². The van der Waals surface area contributed by atoms with E-state index in [0.29, 0.717) is 12.1 Å². The first-order chi connectivity index (χ1) is 6.38. The third kappa shape index (κ3) is 2.73. The van der Waals surface area contributed by atoms with Gasteiger partial charge in [0.25, 0.3) is 0 Å². The smallest absolute Gasteiger partial charge is 0.0997 e. The molecule has 0 aliphatic rings. The molecule has 0 atom stereocenters. The molecule has 0 saturated heterocycles. The molecule has 2 N–H and O–H groups in total. The van der Waals surface area contributed by atoms with Gasteiger partial charge in [-0.05, 0) is 24.6 Å². The number of benzene rings is 1. The number of nitriles is 1. The Labute approximate surface area is 78.3 Å². The van der Waals surface area contributed by atoms with Crippen molar-refractivity contribution in [1.82, 2.24) is 0 Å². The molecule has 0 saturated carbocycles. The van der Waals surface area contributed by atoms with E-state index in [4.69, 9.17) is 11.0 Å². The maximum absolute atomic E-state index is 8.77. The Morgan fingerprint density at radius 2 is 2.15 bits per heavy atom. The van der Waals surface area contributed by atoms with E-state index in [1.54, 1.807) is 0 Å². The first-order valence-corrected chi connectivity index (χ1v) is 4.24. The minimum Gasteiger partial charge on any atom is -0.330 e. The Morgan fingerprint density at radius 1 is 1.38 bits per heavy atom. The summed E-state index contributed by atoms with van der Waals surface area (Å²) in [7, 11) is 0. The number of hydrogen-bond donors (Lipinski definition) is 1. The van der Waals surface area contributed by atoms with Gasteiger partial charge in [-0.15, -0.1) is 0 Å². The summed E-state index contributed by atoms with van der Waals surface area (Å²) in [4.78, 5) is 0. The molecule has 0 amide bonds. The van der Waals surface area contributed by atoms with E-state index in [1.165, 1.54) is 0 Å². The molecule has 1 aromatic carbocycles. The fourth-order valence-corrected chi connectivity index (χ4v) is 1.05. The minimum absolute atomic E-state index is 0.644. The van der Waals surface area contributed by atoms with Gasteiger partial charge in [0.2, 0.25) is 0 Å². The van der Waals surface area contributed by atoms with Crippen molar-refractivity contribution >= 4 is 6.08 Å². The molecule has 13 heavy (non-hydrogen) atoms. The van der Waals surface area contributed by atoms with Crippen LogP contribution in [0.2, 0.25) is 0 Å². The molecular formula is C11H12N2. The maximum Gasteiger partial charge on any atom is 0.0997 e. The second kappa shape index (κ2) is 5.13. The van der Waals surface area contributed by atoms with Crippen LogP contribution in [0.3, 0.4) is 0 Å². The Balaban J connectivity index is 2.82. The van der Waals surface area contributed by atoms with E-state index >= 15 is 0 Å². The quantitative estimate of drug-likeness (QED) is 0.757. The van der Waals surface area contributed by atoms with Gasteiger partial charge in [-0.1, -0.05) is 30.4 Å². The summed E-state index contributed by atoms with van der Waals surface area (Å²) in [6, 6.07) is 9.65. The van der Waals surface area contributed by atoms with Crippen LogP contribution in [0, 0.1) is 11.3 Å². The fourth-order valence-electron chi connectivity index (χ4n) is 1.05.